The Hall–Kier alpha value is -1.49. The van der Waals surface area contributed by atoms with E-state index in [9.17, 15) is 0 Å². The van der Waals surface area contributed by atoms with E-state index in [2.05, 4.69) is 26.7 Å². The van der Waals surface area contributed by atoms with Crippen molar-refractivity contribution in [3.63, 3.8) is 0 Å². The maximum absolute atomic E-state index is 5.41. The van der Waals surface area contributed by atoms with Crippen molar-refractivity contribution in [1.29, 1.82) is 0 Å². The molecular formula is C14H18N4S. The predicted molar refractivity (Wildman–Crippen MR) is 77.3 cm³/mol. The molecule has 1 unspecified atom stereocenters. The first-order valence-corrected chi connectivity index (χ1v) is 7.28. The van der Waals surface area contributed by atoms with Crippen molar-refractivity contribution in [3.05, 3.63) is 29.2 Å². The summed E-state index contributed by atoms with van der Waals surface area (Å²) in [7, 11) is 0. The van der Waals surface area contributed by atoms with E-state index in [1.807, 2.05) is 18.2 Å². The van der Waals surface area contributed by atoms with E-state index in [4.69, 9.17) is 12.2 Å². The van der Waals surface area contributed by atoms with Gasteiger partial charge in [-0.05, 0) is 43.1 Å². The second-order valence-electron chi connectivity index (χ2n) is 5.18. The van der Waals surface area contributed by atoms with E-state index < -0.39 is 0 Å². The van der Waals surface area contributed by atoms with Crippen molar-refractivity contribution in [1.82, 2.24) is 19.7 Å². The smallest absolute Gasteiger partial charge is 0.195 e. The number of aromatic amines is 1. The first-order valence-electron chi connectivity index (χ1n) is 6.88. The predicted octanol–water partition coefficient (Wildman–Crippen LogP) is 3.75. The molecule has 1 fully saturated rings. The number of nitrogens with zero attached hydrogens (tertiary/aromatic N) is 3. The van der Waals surface area contributed by atoms with E-state index in [1.54, 1.807) is 6.20 Å². The zero-order chi connectivity index (χ0) is 13.2. The van der Waals surface area contributed by atoms with E-state index >= 15 is 0 Å². The van der Waals surface area contributed by atoms with Crippen LogP contribution in [0.2, 0.25) is 0 Å². The van der Waals surface area contributed by atoms with Gasteiger partial charge in [-0.3, -0.25) is 14.6 Å². The summed E-state index contributed by atoms with van der Waals surface area (Å²) in [4.78, 5) is 4.38. The van der Waals surface area contributed by atoms with Gasteiger partial charge in [-0.2, -0.15) is 5.10 Å². The molecule has 3 rings (SSSR count). The van der Waals surface area contributed by atoms with Crippen molar-refractivity contribution < 1.29 is 0 Å². The molecule has 0 bridgehead atoms. The summed E-state index contributed by atoms with van der Waals surface area (Å²) in [5, 5.41) is 7.29. The van der Waals surface area contributed by atoms with Gasteiger partial charge < -0.3 is 0 Å². The van der Waals surface area contributed by atoms with Gasteiger partial charge in [-0.25, -0.2) is 0 Å². The van der Waals surface area contributed by atoms with Crippen molar-refractivity contribution >= 4 is 12.2 Å². The molecule has 0 radical (unpaired) electrons. The van der Waals surface area contributed by atoms with E-state index in [-0.39, 0.29) is 0 Å². The van der Waals surface area contributed by atoms with Gasteiger partial charge in [0.2, 0.25) is 0 Å². The first-order chi connectivity index (χ1) is 9.29. The second kappa shape index (κ2) is 5.25. The minimum atomic E-state index is 0.427. The number of H-pyrrole nitrogens is 1. The number of aromatic nitrogens is 4. The number of nitrogens with one attached hydrogen (secondary N) is 1. The van der Waals surface area contributed by atoms with Gasteiger partial charge >= 0.3 is 0 Å². The molecule has 0 aromatic carbocycles. The average Bonchev–Trinajstić information content (AvgIpc) is 3.19. The van der Waals surface area contributed by atoms with Crippen molar-refractivity contribution in [2.75, 3.05) is 0 Å². The standard InChI is InChI=1S/C14H18N4S/c1-2-11(9-10-6-7-10)18-13(16-17-14(18)19)12-5-3-4-8-15-12/h3-5,8,10-11H,2,6-7,9H2,1H3,(H,17,19). The molecule has 0 saturated heterocycles. The first kappa shape index (κ1) is 12.5. The van der Waals surface area contributed by atoms with Crippen LogP contribution in [0, 0.1) is 10.7 Å². The molecule has 1 aliphatic rings. The molecule has 2 heterocycles. The van der Waals surface area contributed by atoms with E-state index in [0.29, 0.717) is 10.8 Å². The number of pyridine rings is 1. The Kier molecular flexibility index (Phi) is 3.46. The highest BCUT2D eigenvalue weighted by Crippen LogP contribution is 2.38. The van der Waals surface area contributed by atoms with Gasteiger partial charge in [0.15, 0.2) is 10.6 Å². The third-order valence-corrected chi connectivity index (χ3v) is 4.03. The Bertz CT molecular complexity index is 597. The minimum Gasteiger partial charge on any atom is -0.296 e. The molecule has 1 atom stereocenters. The summed E-state index contributed by atoms with van der Waals surface area (Å²) in [6.07, 6.45) is 6.79. The van der Waals surface area contributed by atoms with Crippen molar-refractivity contribution in [3.8, 4) is 11.5 Å². The van der Waals surface area contributed by atoms with Crippen LogP contribution in [0.4, 0.5) is 0 Å². The Labute approximate surface area is 117 Å². The molecule has 4 nitrogen and oxygen atoms in total. The number of hydrogen-bond donors (Lipinski definition) is 1. The van der Waals surface area contributed by atoms with Gasteiger partial charge in [-0.15, -0.1) is 0 Å². The molecule has 19 heavy (non-hydrogen) atoms. The zero-order valence-electron chi connectivity index (χ0n) is 11.0. The molecule has 1 N–H and O–H groups in total. The van der Waals surface area contributed by atoms with Crippen LogP contribution in [0.15, 0.2) is 24.4 Å². The molecule has 100 valence electrons. The molecule has 0 aliphatic heterocycles. The lowest BCUT2D eigenvalue weighted by Crippen LogP contribution is -2.11. The van der Waals surface area contributed by atoms with Crippen LogP contribution in [0.25, 0.3) is 11.5 Å². The number of hydrogen-bond acceptors (Lipinski definition) is 3. The van der Waals surface area contributed by atoms with Gasteiger partial charge in [0.25, 0.3) is 0 Å². The van der Waals surface area contributed by atoms with Crippen LogP contribution < -0.4 is 0 Å². The molecule has 0 amide bonds. The lowest BCUT2D eigenvalue weighted by atomic mass is 10.1. The monoisotopic (exact) mass is 274 g/mol. The maximum Gasteiger partial charge on any atom is 0.195 e. The summed E-state index contributed by atoms with van der Waals surface area (Å²) < 4.78 is 2.85. The lowest BCUT2D eigenvalue weighted by Gasteiger charge is -2.18. The van der Waals surface area contributed by atoms with Crippen molar-refractivity contribution in [2.45, 2.75) is 38.6 Å². The molecule has 2 aromatic rings. The fourth-order valence-electron chi connectivity index (χ4n) is 2.51. The summed E-state index contributed by atoms with van der Waals surface area (Å²) in [5.41, 5.74) is 0.879. The fourth-order valence-corrected chi connectivity index (χ4v) is 2.79. The largest absolute Gasteiger partial charge is 0.296 e. The molecule has 1 saturated carbocycles. The summed E-state index contributed by atoms with van der Waals surface area (Å²) >= 11 is 5.41. The average molecular weight is 274 g/mol. The zero-order valence-corrected chi connectivity index (χ0v) is 11.9. The highest BCUT2D eigenvalue weighted by molar-refractivity contribution is 7.71. The Morgan fingerprint density at radius 2 is 2.32 bits per heavy atom. The highest BCUT2D eigenvalue weighted by atomic mass is 32.1. The molecule has 2 aromatic heterocycles. The molecule has 5 heteroatoms. The van der Waals surface area contributed by atoms with Crippen molar-refractivity contribution in [2.24, 2.45) is 5.92 Å². The lowest BCUT2D eigenvalue weighted by molar-refractivity contribution is 0.427. The summed E-state index contributed by atoms with van der Waals surface area (Å²) in [5.74, 6) is 1.73. The van der Waals surface area contributed by atoms with Crippen LogP contribution in [-0.2, 0) is 0 Å². The van der Waals surface area contributed by atoms with Crippen LogP contribution in [0.5, 0.6) is 0 Å². The summed E-state index contributed by atoms with van der Waals surface area (Å²) in [6.45, 7) is 2.21. The molecular weight excluding hydrogens is 256 g/mol. The third-order valence-electron chi connectivity index (χ3n) is 3.74. The maximum atomic E-state index is 5.41. The van der Waals surface area contributed by atoms with Gasteiger partial charge in [0, 0.05) is 12.2 Å². The van der Waals surface area contributed by atoms with Gasteiger partial charge in [0.05, 0.1) is 0 Å². The van der Waals surface area contributed by atoms with Gasteiger partial charge in [-0.1, -0.05) is 25.8 Å². The van der Waals surface area contributed by atoms with Gasteiger partial charge in [0.1, 0.15) is 5.69 Å². The third kappa shape index (κ3) is 2.61. The summed E-state index contributed by atoms with van der Waals surface area (Å²) in [6, 6.07) is 6.30. The SMILES string of the molecule is CCC(CC1CC1)n1c(-c2ccccn2)n[nH]c1=S. The Morgan fingerprint density at radius 1 is 1.47 bits per heavy atom. The normalized spacial score (nSPS) is 16.5. The quantitative estimate of drug-likeness (QED) is 0.845. The molecule has 0 spiro atoms. The number of rotatable bonds is 5. The second-order valence-corrected chi connectivity index (χ2v) is 5.57. The van der Waals surface area contributed by atoms with E-state index in [1.165, 1.54) is 19.3 Å². The van der Waals surface area contributed by atoms with Crippen LogP contribution >= 0.6 is 12.2 Å². The molecule has 1 aliphatic carbocycles. The van der Waals surface area contributed by atoms with E-state index in [0.717, 1.165) is 23.9 Å². The Morgan fingerprint density at radius 3 is 2.95 bits per heavy atom. The van der Waals surface area contributed by atoms with Crippen LogP contribution in [0.3, 0.4) is 0 Å². The fraction of sp³-hybridized carbons (Fsp3) is 0.500. The van der Waals surface area contributed by atoms with Crippen LogP contribution in [-0.4, -0.2) is 19.7 Å². The minimum absolute atomic E-state index is 0.427. The highest BCUT2D eigenvalue weighted by Gasteiger charge is 2.27. The Balaban J connectivity index is 1.99. The topological polar surface area (TPSA) is 46.5 Å². The van der Waals surface area contributed by atoms with Crippen LogP contribution in [0.1, 0.15) is 38.6 Å².